The van der Waals surface area contributed by atoms with E-state index in [2.05, 4.69) is 5.32 Å². The number of aryl methyl sites for hydroxylation is 1. The molecule has 0 aromatic heterocycles. The second-order valence-electron chi connectivity index (χ2n) is 5.34. The predicted molar refractivity (Wildman–Crippen MR) is 77.8 cm³/mol. The molecule has 0 unspecified atom stereocenters. The molecule has 0 radical (unpaired) electrons. The molecule has 1 aromatic rings. The van der Waals surface area contributed by atoms with E-state index in [1.165, 1.54) is 7.11 Å². The Morgan fingerprint density at radius 3 is 2.90 bits per heavy atom. The van der Waals surface area contributed by atoms with Gasteiger partial charge in [-0.2, -0.15) is 0 Å². The van der Waals surface area contributed by atoms with E-state index in [1.54, 1.807) is 0 Å². The van der Waals surface area contributed by atoms with Crippen LogP contribution < -0.4 is 5.32 Å². The van der Waals surface area contributed by atoms with Crippen molar-refractivity contribution in [3.63, 3.8) is 0 Å². The Morgan fingerprint density at radius 1 is 1.48 bits per heavy atom. The highest BCUT2D eigenvalue weighted by atomic mass is 16.5. The molecule has 5 heteroatoms. The average molecular weight is 291 g/mol. The molecule has 5 nitrogen and oxygen atoms in total. The lowest BCUT2D eigenvalue weighted by atomic mass is 10.0. The topological polar surface area (TPSA) is 64.6 Å². The van der Waals surface area contributed by atoms with Gasteiger partial charge >= 0.3 is 5.97 Å². The van der Waals surface area contributed by atoms with Crippen molar-refractivity contribution < 1.29 is 19.1 Å². The van der Waals surface area contributed by atoms with Crippen LogP contribution in [-0.2, 0) is 25.5 Å². The third-order valence-electron chi connectivity index (χ3n) is 3.62. The van der Waals surface area contributed by atoms with Gasteiger partial charge in [-0.25, -0.2) is 4.79 Å². The number of carbonyl (C=O) groups excluding carboxylic acids is 2. The number of ether oxygens (including phenoxy) is 2. The Balaban J connectivity index is 2.03. The summed E-state index contributed by atoms with van der Waals surface area (Å²) >= 11 is 0. The quantitative estimate of drug-likeness (QED) is 0.829. The molecular weight excluding hydrogens is 270 g/mol. The lowest BCUT2D eigenvalue weighted by Gasteiger charge is -2.18. The minimum absolute atomic E-state index is 0.143. The molecule has 0 saturated carbocycles. The van der Waals surface area contributed by atoms with E-state index in [4.69, 9.17) is 9.47 Å². The maximum Gasteiger partial charge on any atom is 0.328 e. The molecule has 114 valence electrons. The third-order valence-corrected chi connectivity index (χ3v) is 3.62. The summed E-state index contributed by atoms with van der Waals surface area (Å²) in [4.78, 5) is 24.0. The summed E-state index contributed by atoms with van der Waals surface area (Å²) in [5, 5.41) is 2.78. The van der Waals surface area contributed by atoms with Crippen molar-refractivity contribution in [3.8, 4) is 0 Å². The summed E-state index contributed by atoms with van der Waals surface area (Å²) in [6.07, 6.45) is 1.12. The maximum atomic E-state index is 12.1. The van der Waals surface area contributed by atoms with Crippen molar-refractivity contribution in [1.29, 1.82) is 0 Å². The lowest BCUT2D eigenvalue weighted by Crippen LogP contribution is -2.45. The monoisotopic (exact) mass is 291 g/mol. The number of carbonyl (C=O) groups is 2. The van der Waals surface area contributed by atoms with Crippen LogP contribution >= 0.6 is 0 Å². The lowest BCUT2D eigenvalue weighted by molar-refractivity contribution is -0.145. The molecule has 1 fully saturated rings. The van der Waals surface area contributed by atoms with E-state index in [0.717, 1.165) is 11.1 Å². The molecule has 1 N–H and O–H groups in total. The molecule has 1 saturated heterocycles. The zero-order valence-electron chi connectivity index (χ0n) is 12.4. The van der Waals surface area contributed by atoms with Crippen LogP contribution in [0.5, 0.6) is 0 Å². The first-order valence-corrected chi connectivity index (χ1v) is 7.11. The molecule has 0 spiro atoms. The second-order valence-corrected chi connectivity index (χ2v) is 5.34. The van der Waals surface area contributed by atoms with Gasteiger partial charge in [-0.1, -0.05) is 29.8 Å². The van der Waals surface area contributed by atoms with Gasteiger partial charge in [-0.05, 0) is 18.9 Å². The largest absolute Gasteiger partial charge is 0.467 e. The fourth-order valence-corrected chi connectivity index (χ4v) is 2.44. The highest BCUT2D eigenvalue weighted by Crippen LogP contribution is 2.14. The first kappa shape index (κ1) is 15.5. The Labute approximate surface area is 124 Å². The van der Waals surface area contributed by atoms with E-state index in [-0.39, 0.29) is 11.8 Å². The number of nitrogens with one attached hydrogen (secondary N) is 1. The highest BCUT2D eigenvalue weighted by molar-refractivity contribution is 5.86. The van der Waals surface area contributed by atoms with E-state index in [0.29, 0.717) is 26.1 Å². The van der Waals surface area contributed by atoms with E-state index in [1.807, 2.05) is 31.2 Å². The molecular formula is C16H21NO4. The summed E-state index contributed by atoms with van der Waals surface area (Å²) in [5.41, 5.74) is 2.11. The molecule has 1 aliphatic heterocycles. The van der Waals surface area contributed by atoms with Crippen LogP contribution in [0.25, 0.3) is 0 Å². The molecule has 1 aromatic carbocycles. The molecule has 0 bridgehead atoms. The van der Waals surface area contributed by atoms with E-state index >= 15 is 0 Å². The van der Waals surface area contributed by atoms with Crippen molar-refractivity contribution in [3.05, 3.63) is 35.4 Å². The zero-order valence-corrected chi connectivity index (χ0v) is 12.4. The van der Waals surface area contributed by atoms with Crippen LogP contribution in [-0.4, -0.2) is 38.2 Å². The van der Waals surface area contributed by atoms with Crippen molar-refractivity contribution in [2.45, 2.75) is 25.8 Å². The smallest absolute Gasteiger partial charge is 0.328 e. The van der Waals surface area contributed by atoms with Gasteiger partial charge in [0, 0.05) is 13.0 Å². The summed E-state index contributed by atoms with van der Waals surface area (Å²) in [6, 6.07) is 7.20. The molecule has 2 atom stereocenters. The molecule has 1 amide bonds. The Morgan fingerprint density at radius 2 is 2.29 bits per heavy atom. The van der Waals surface area contributed by atoms with Gasteiger partial charge in [0.2, 0.25) is 5.91 Å². The molecule has 1 heterocycles. The Kier molecular flexibility index (Phi) is 5.33. The average Bonchev–Trinajstić information content (AvgIpc) is 3.00. The first-order chi connectivity index (χ1) is 10.1. The van der Waals surface area contributed by atoms with Crippen LogP contribution in [0.2, 0.25) is 0 Å². The van der Waals surface area contributed by atoms with Crippen LogP contribution in [0.4, 0.5) is 0 Å². The zero-order chi connectivity index (χ0) is 15.2. The van der Waals surface area contributed by atoms with Gasteiger partial charge in [0.05, 0.1) is 19.6 Å². The minimum atomic E-state index is -0.662. The van der Waals surface area contributed by atoms with E-state index in [9.17, 15) is 9.59 Å². The number of hydrogen-bond acceptors (Lipinski definition) is 4. The SMILES string of the molecule is COC(=O)[C@@H](Cc1cccc(C)c1)NC(=O)[C@@H]1CCOC1. The maximum absolute atomic E-state index is 12.1. The van der Waals surface area contributed by atoms with Gasteiger partial charge in [-0.15, -0.1) is 0 Å². The number of benzene rings is 1. The number of hydrogen-bond donors (Lipinski definition) is 1. The first-order valence-electron chi connectivity index (χ1n) is 7.11. The van der Waals surface area contributed by atoms with Crippen molar-refractivity contribution in [1.82, 2.24) is 5.32 Å². The number of esters is 1. The summed E-state index contributed by atoms with van der Waals surface area (Å²) in [7, 11) is 1.33. The minimum Gasteiger partial charge on any atom is -0.467 e. The van der Waals surface area contributed by atoms with Crippen LogP contribution in [0.3, 0.4) is 0 Å². The summed E-state index contributed by atoms with van der Waals surface area (Å²) in [6.45, 7) is 3.01. The standard InChI is InChI=1S/C16H21NO4/c1-11-4-3-5-12(8-11)9-14(16(19)20-2)17-15(18)13-6-7-21-10-13/h3-5,8,13-14H,6-7,9-10H2,1-2H3,(H,17,18)/t13-,14-/m1/s1. The van der Waals surface area contributed by atoms with Gasteiger partial charge in [-0.3, -0.25) is 4.79 Å². The highest BCUT2D eigenvalue weighted by Gasteiger charge is 2.28. The third kappa shape index (κ3) is 4.29. The summed E-state index contributed by atoms with van der Waals surface area (Å²) in [5.74, 6) is -0.742. The van der Waals surface area contributed by atoms with Crippen LogP contribution in [0.15, 0.2) is 24.3 Å². The fourth-order valence-electron chi connectivity index (χ4n) is 2.44. The van der Waals surface area contributed by atoms with Crippen molar-refractivity contribution in [2.24, 2.45) is 5.92 Å². The molecule has 1 aliphatic rings. The second kappa shape index (κ2) is 7.22. The Bertz CT molecular complexity index is 509. The molecule has 0 aliphatic carbocycles. The van der Waals surface area contributed by atoms with Gasteiger partial charge < -0.3 is 14.8 Å². The van der Waals surface area contributed by atoms with Crippen molar-refractivity contribution in [2.75, 3.05) is 20.3 Å². The Hall–Kier alpha value is -1.88. The predicted octanol–water partition coefficient (Wildman–Crippen LogP) is 1.23. The van der Waals surface area contributed by atoms with Gasteiger partial charge in [0.1, 0.15) is 6.04 Å². The molecule has 21 heavy (non-hydrogen) atoms. The molecule has 2 rings (SSSR count). The number of methoxy groups -OCH3 is 1. The van der Waals surface area contributed by atoms with Crippen LogP contribution in [0, 0.1) is 12.8 Å². The van der Waals surface area contributed by atoms with Gasteiger partial charge in [0.15, 0.2) is 0 Å². The van der Waals surface area contributed by atoms with Gasteiger partial charge in [0.25, 0.3) is 0 Å². The normalized spacial score (nSPS) is 19.0. The van der Waals surface area contributed by atoms with Crippen LogP contribution in [0.1, 0.15) is 17.5 Å². The van der Waals surface area contributed by atoms with E-state index < -0.39 is 12.0 Å². The summed E-state index contributed by atoms with van der Waals surface area (Å²) < 4.78 is 10.00. The number of rotatable bonds is 5. The van der Waals surface area contributed by atoms with Crippen molar-refractivity contribution >= 4 is 11.9 Å². The number of amides is 1. The fraction of sp³-hybridized carbons (Fsp3) is 0.500.